The van der Waals surface area contributed by atoms with Crippen LogP contribution in [0.15, 0.2) is 54.1 Å². The summed E-state index contributed by atoms with van der Waals surface area (Å²) in [5.41, 5.74) is 2.66. The van der Waals surface area contributed by atoms with Crippen LogP contribution in [-0.2, 0) is 0 Å². The van der Waals surface area contributed by atoms with Gasteiger partial charge in [0.15, 0.2) is 0 Å². The first-order valence-electron chi connectivity index (χ1n) is 7.94. The fourth-order valence-electron chi connectivity index (χ4n) is 4.37. The smallest absolute Gasteiger partial charge is 0.101 e. The molecule has 0 spiro atoms. The molecule has 3 unspecified atom stereocenters. The van der Waals surface area contributed by atoms with Gasteiger partial charge in [-0.3, -0.25) is 0 Å². The van der Waals surface area contributed by atoms with Gasteiger partial charge in [0.05, 0.1) is 0 Å². The van der Waals surface area contributed by atoms with Gasteiger partial charge >= 0.3 is 0 Å². The van der Waals surface area contributed by atoms with Crippen LogP contribution in [0.25, 0.3) is 10.8 Å². The van der Waals surface area contributed by atoms with Gasteiger partial charge in [-0.1, -0.05) is 62.4 Å². The predicted molar refractivity (Wildman–Crippen MR) is 87.0 cm³/mol. The quantitative estimate of drug-likeness (QED) is 0.777. The van der Waals surface area contributed by atoms with Crippen molar-refractivity contribution in [2.45, 2.75) is 32.8 Å². The monoisotopic (exact) mass is 278 g/mol. The Labute approximate surface area is 126 Å². The number of rotatable bonds is 2. The van der Waals surface area contributed by atoms with Gasteiger partial charge in [-0.25, -0.2) is 0 Å². The van der Waals surface area contributed by atoms with Crippen molar-refractivity contribution in [3.63, 3.8) is 0 Å². The minimum Gasteiger partial charge on any atom is -0.384 e. The van der Waals surface area contributed by atoms with E-state index in [1.807, 2.05) is 0 Å². The number of hydrogen-bond acceptors (Lipinski definition) is 1. The zero-order valence-electron chi connectivity index (χ0n) is 12.7. The summed E-state index contributed by atoms with van der Waals surface area (Å²) in [5, 5.41) is 13.4. The highest BCUT2D eigenvalue weighted by Gasteiger charge is 2.52. The molecule has 2 bridgehead atoms. The van der Waals surface area contributed by atoms with Gasteiger partial charge in [0, 0.05) is 0 Å². The molecule has 108 valence electrons. The molecule has 0 aliphatic heterocycles. The van der Waals surface area contributed by atoms with Crippen LogP contribution in [0.2, 0.25) is 0 Å². The van der Waals surface area contributed by atoms with E-state index in [9.17, 15) is 5.11 Å². The SMILES string of the molecule is CC1(C)C2CC=C(C(O)c3cccc4ccccc34)C1C2. The summed E-state index contributed by atoms with van der Waals surface area (Å²) >= 11 is 0. The highest BCUT2D eigenvalue weighted by atomic mass is 16.3. The fraction of sp³-hybridized carbons (Fsp3) is 0.400. The molecule has 21 heavy (non-hydrogen) atoms. The Kier molecular flexibility index (Phi) is 2.77. The molecule has 0 radical (unpaired) electrons. The molecule has 0 amide bonds. The van der Waals surface area contributed by atoms with E-state index in [1.165, 1.54) is 22.8 Å². The van der Waals surface area contributed by atoms with Crippen LogP contribution >= 0.6 is 0 Å². The predicted octanol–water partition coefficient (Wildman–Crippen LogP) is 4.87. The molecule has 0 aromatic heterocycles. The third kappa shape index (κ3) is 1.80. The Morgan fingerprint density at radius 3 is 2.62 bits per heavy atom. The molecule has 0 saturated heterocycles. The maximum Gasteiger partial charge on any atom is 0.101 e. The van der Waals surface area contributed by atoms with Crippen LogP contribution in [0.1, 0.15) is 38.4 Å². The normalized spacial score (nSPS) is 27.9. The summed E-state index contributed by atoms with van der Waals surface area (Å²) in [7, 11) is 0. The van der Waals surface area contributed by atoms with Gasteiger partial charge in [0.2, 0.25) is 0 Å². The van der Waals surface area contributed by atoms with Crippen LogP contribution in [0, 0.1) is 17.3 Å². The van der Waals surface area contributed by atoms with Gasteiger partial charge in [-0.2, -0.15) is 0 Å². The molecule has 1 nitrogen and oxygen atoms in total. The lowest BCUT2D eigenvalue weighted by molar-refractivity contribution is -0.0217. The number of aliphatic hydroxyl groups is 1. The number of allylic oxidation sites excluding steroid dienone is 1. The lowest BCUT2D eigenvalue weighted by Gasteiger charge is -2.57. The number of benzene rings is 2. The Hall–Kier alpha value is -1.60. The van der Waals surface area contributed by atoms with Gasteiger partial charge in [0.25, 0.3) is 0 Å². The number of hydrogen-bond donors (Lipinski definition) is 1. The van der Waals surface area contributed by atoms with Gasteiger partial charge in [-0.15, -0.1) is 0 Å². The Bertz CT molecular complexity index is 720. The molecule has 1 saturated carbocycles. The van der Waals surface area contributed by atoms with Crippen molar-refractivity contribution in [3.8, 4) is 0 Å². The zero-order chi connectivity index (χ0) is 14.6. The second-order valence-corrected chi connectivity index (χ2v) is 7.22. The molecular weight excluding hydrogens is 256 g/mol. The maximum atomic E-state index is 11.0. The first-order valence-corrected chi connectivity index (χ1v) is 7.94. The van der Waals surface area contributed by atoms with E-state index < -0.39 is 6.10 Å². The molecule has 1 heteroatoms. The van der Waals surface area contributed by atoms with E-state index in [-0.39, 0.29) is 0 Å². The van der Waals surface area contributed by atoms with Gasteiger partial charge in [0.1, 0.15) is 6.10 Å². The largest absolute Gasteiger partial charge is 0.384 e. The second-order valence-electron chi connectivity index (χ2n) is 7.22. The van der Waals surface area contributed by atoms with Crippen molar-refractivity contribution in [3.05, 3.63) is 59.7 Å². The van der Waals surface area contributed by atoms with Crippen molar-refractivity contribution < 1.29 is 5.11 Å². The average molecular weight is 278 g/mol. The van der Waals surface area contributed by atoms with E-state index in [2.05, 4.69) is 62.4 Å². The summed E-state index contributed by atoms with van der Waals surface area (Å²) in [6, 6.07) is 14.6. The maximum absolute atomic E-state index is 11.0. The lowest BCUT2D eigenvalue weighted by Crippen LogP contribution is -2.48. The van der Waals surface area contributed by atoms with Gasteiger partial charge < -0.3 is 5.11 Å². The molecule has 1 N–H and O–H groups in total. The molecule has 3 aliphatic rings. The third-order valence-corrected chi connectivity index (χ3v) is 5.94. The highest BCUT2D eigenvalue weighted by molar-refractivity contribution is 5.86. The highest BCUT2D eigenvalue weighted by Crippen LogP contribution is 2.61. The Morgan fingerprint density at radius 1 is 1.10 bits per heavy atom. The zero-order valence-corrected chi connectivity index (χ0v) is 12.7. The summed E-state index contributed by atoms with van der Waals surface area (Å²) in [6.45, 7) is 4.71. The van der Waals surface area contributed by atoms with Crippen molar-refractivity contribution in [2.24, 2.45) is 17.3 Å². The van der Waals surface area contributed by atoms with E-state index in [1.54, 1.807) is 0 Å². The third-order valence-electron chi connectivity index (χ3n) is 5.94. The molecule has 2 aromatic rings. The van der Waals surface area contributed by atoms with Crippen molar-refractivity contribution in [1.29, 1.82) is 0 Å². The standard InChI is InChI=1S/C20H22O/c1-20(2)14-10-11-17(18(20)12-14)19(21)16-9-5-7-13-6-3-4-8-15(13)16/h3-9,11,14,18-19,21H,10,12H2,1-2H3. The van der Waals surface area contributed by atoms with E-state index in [4.69, 9.17) is 0 Å². The summed E-state index contributed by atoms with van der Waals surface area (Å²) in [4.78, 5) is 0. The minimum absolute atomic E-state index is 0.357. The van der Waals surface area contributed by atoms with E-state index in [0.29, 0.717) is 11.3 Å². The Morgan fingerprint density at radius 2 is 1.86 bits per heavy atom. The molecular formula is C20H22O. The van der Waals surface area contributed by atoms with Crippen molar-refractivity contribution in [2.75, 3.05) is 0 Å². The van der Waals surface area contributed by atoms with Crippen molar-refractivity contribution >= 4 is 10.8 Å². The number of fused-ring (bicyclic) bond motifs is 2. The Balaban J connectivity index is 1.78. The van der Waals surface area contributed by atoms with Crippen LogP contribution in [0.5, 0.6) is 0 Å². The molecule has 5 rings (SSSR count). The van der Waals surface area contributed by atoms with Crippen LogP contribution in [0.4, 0.5) is 0 Å². The fourth-order valence-corrected chi connectivity index (χ4v) is 4.37. The summed E-state index contributed by atoms with van der Waals surface area (Å²) < 4.78 is 0. The average Bonchev–Trinajstić information content (AvgIpc) is 2.53. The van der Waals surface area contributed by atoms with Crippen LogP contribution < -0.4 is 0 Å². The van der Waals surface area contributed by atoms with Gasteiger partial charge in [-0.05, 0) is 52.0 Å². The summed E-state index contributed by atoms with van der Waals surface area (Å²) in [6.07, 6.45) is 4.22. The van der Waals surface area contributed by atoms with Crippen molar-refractivity contribution in [1.82, 2.24) is 0 Å². The molecule has 2 aromatic carbocycles. The minimum atomic E-state index is -0.457. The number of aliphatic hydroxyl groups excluding tert-OH is 1. The van der Waals surface area contributed by atoms with E-state index >= 15 is 0 Å². The van der Waals surface area contributed by atoms with Crippen LogP contribution in [-0.4, -0.2) is 5.11 Å². The first kappa shape index (κ1) is 13.1. The van der Waals surface area contributed by atoms with Crippen LogP contribution in [0.3, 0.4) is 0 Å². The molecule has 0 heterocycles. The first-order chi connectivity index (χ1) is 10.1. The topological polar surface area (TPSA) is 20.2 Å². The molecule has 3 atom stereocenters. The molecule has 3 aliphatic carbocycles. The lowest BCUT2D eigenvalue weighted by atomic mass is 9.48. The molecule has 1 fully saturated rings. The summed E-state index contributed by atoms with van der Waals surface area (Å²) in [5.74, 6) is 1.36. The van der Waals surface area contributed by atoms with E-state index in [0.717, 1.165) is 17.9 Å². The second kappa shape index (κ2) is 4.45.